The number of hydrazine groups is 1. The maximum absolute atomic E-state index is 6.08. The van der Waals surface area contributed by atoms with E-state index in [1.165, 1.54) is 0 Å². The van der Waals surface area contributed by atoms with Crippen molar-refractivity contribution in [3.63, 3.8) is 0 Å². The topological polar surface area (TPSA) is 50.9 Å². The number of aryl methyl sites for hydroxylation is 1. The van der Waals surface area contributed by atoms with Crippen molar-refractivity contribution in [2.24, 2.45) is 5.84 Å². The van der Waals surface area contributed by atoms with Crippen molar-refractivity contribution in [1.29, 1.82) is 0 Å². The number of fused-ring (bicyclic) bond motifs is 1. The van der Waals surface area contributed by atoms with Crippen molar-refractivity contribution < 1.29 is 0 Å². The van der Waals surface area contributed by atoms with Gasteiger partial charge in [0.15, 0.2) is 0 Å². The smallest absolute Gasteiger partial charge is 0.0912 e. The highest BCUT2D eigenvalue weighted by atomic mass is 35.5. The van der Waals surface area contributed by atoms with Crippen molar-refractivity contribution >= 4 is 28.2 Å². The van der Waals surface area contributed by atoms with Crippen LogP contribution >= 0.6 is 11.6 Å². The predicted octanol–water partition coefficient (Wildman–Crippen LogP) is 2.79. The molecule has 0 atom stereocenters. The first-order valence-electron chi connectivity index (χ1n) is 4.67. The monoisotopic (exact) mass is 221 g/mol. The van der Waals surface area contributed by atoms with Gasteiger partial charge in [0.25, 0.3) is 0 Å². The Hall–Kier alpha value is -1.32. The first-order chi connectivity index (χ1) is 7.15. The number of pyridine rings is 1. The van der Waals surface area contributed by atoms with Crippen LogP contribution in [0.5, 0.6) is 0 Å². The van der Waals surface area contributed by atoms with Crippen LogP contribution in [0.2, 0.25) is 5.02 Å². The molecule has 3 N–H and O–H groups in total. The van der Waals surface area contributed by atoms with E-state index >= 15 is 0 Å². The van der Waals surface area contributed by atoms with Gasteiger partial charge in [0.1, 0.15) is 0 Å². The molecule has 0 saturated heterocycles. The lowest BCUT2D eigenvalue weighted by molar-refractivity contribution is 1.18. The van der Waals surface area contributed by atoms with Crippen molar-refractivity contribution in [2.75, 3.05) is 5.43 Å². The van der Waals surface area contributed by atoms with Crippen LogP contribution in [0, 0.1) is 13.8 Å². The summed E-state index contributed by atoms with van der Waals surface area (Å²) in [4.78, 5) is 4.46. The summed E-state index contributed by atoms with van der Waals surface area (Å²) >= 11 is 6.08. The number of halogens is 1. The van der Waals surface area contributed by atoms with Gasteiger partial charge in [0, 0.05) is 11.1 Å². The van der Waals surface area contributed by atoms with Gasteiger partial charge in [-0.2, -0.15) is 0 Å². The molecule has 2 aromatic rings. The van der Waals surface area contributed by atoms with E-state index in [0.29, 0.717) is 5.02 Å². The van der Waals surface area contributed by atoms with Crippen LogP contribution < -0.4 is 11.3 Å². The zero-order valence-electron chi connectivity index (χ0n) is 8.63. The summed E-state index contributed by atoms with van der Waals surface area (Å²) in [6.07, 6.45) is 0. The highest BCUT2D eigenvalue weighted by molar-refractivity contribution is 6.35. The van der Waals surface area contributed by atoms with Crippen LogP contribution in [-0.4, -0.2) is 4.98 Å². The second-order valence-electron chi connectivity index (χ2n) is 3.48. The maximum Gasteiger partial charge on any atom is 0.0912 e. The Balaban J connectivity index is 2.94. The minimum atomic E-state index is 0.645. The fraction of sp³-hybridized carbons (Fsp3) is 0.182. The normalized spacial score (nSPS) is 10.7. The first kappa shape index (κ1) is 10.2. The van der Waals surface area contributed by atoms with Crippen molar-refractivity contribution in [1.82, 2.24) is 4.98 Å². The number of rotatable bonds is 1. The molecule has 3 nitrogen and oxygen atoms in total. The van der Waals surface area contributed by atoms with Gasteiger partial charge in [0.05, 0.1) is 16.2 Å². The Morgan fingerprint density at radius 1 is 1.33 bits per heavy atom. The number of nitrogens with two attached hydrogens (primary N) is 1. The van der Waals surface area contributed by atoms with E-state index in [9.17, 15) is 0 Å². The summed E-state index contributed by atoms with van der Waals surface area (Å²) in [5.41, 5.74) is 6.37. The standard InChI is InChI=1S/C11H12ClN3/c1-6-7(2)14-11-8(10(6)15-13)4-3-5-9(11)12/h3-5H,13H2,1-2H3,(H,14,15). The SMILES string of the molecule is Cc1nc2c(Cl)cccc2c(NN)c1C. The van der Waals surface area contributed by atoms with Gasteiger partial charge in [-0.1, -0.05) is 23.7 Å². The van der Waals surface area contributed by atoms with Gasteiger partial charge in [-0.25, -0.2) is 0 Å². The van der Waals surface area contributed by atoms with E-state index in [0.717, 1.165) is 27.8 Å². The molecule has 0 amide bonds. The lowest BCUT2D eigenvalue weighted by Gasteiger charge is -2.12. The summed E-state index contributed by atoms with van der Waals surface area (Å²) in [5.74, 6) is 5.51. The Kier molecular flexibility index (Phi) is 2.50. The summed E-state index contributed by atoms with van der Waals surface area (Å²) in [5, 5.41) is 1.60. The van der Waals surface area contributed by atoms with Crippen LogP contribution in [0.1, 0.15) is 11.3 Å². The molecule has 4 heteroatoms. The molecule has 1 aromatic carbocycles. The molecular weight excluding hydrogens is 210 g/mol. The fourth-order valence-electron chi connectivity index (χ4n) is 1.65. The molecule has 15 heavy (non-hydrogen) atoms. The minimum Gasteiger partial charge on any atom is -0.323 e. The molecule has 1 heterocycles. The van der Waals surface area contributed by atoms with E-state index in [1.807, 2.05) is 32.0 Å². The number of nitrogen functional groups attached to an aromatic ring is 1. The highest BCUT2D eigenvalue weighted by Crippen LogP contribution is 2.30. The van der Waals surface area contributed by atoms with Gasteiger partial charge in [-0.3, -0.25) is 10.8 Å². The molecule has 0 spiro atoms. The van der Waals surface area contributed by atoms with Crippen LogP contribution in [0.15, 0.2) is 18.2 Å². The van der Waals surface area contributed by atoms with E-state index in [2.05, 4.69) is 10.4 Å². The number of hydrogen-bond acceptors (Lipinski definition) is 3. The maximum atomic E-state index is 6.08. The highest BCUT2D eigenvalue weighted by Gasteiger charge is 2.09. The molecule has 0 saturated carbocycles. The lowest BCUT2D eigenvalue weighted by Crippen LogP contribution is -2.10. The van der Waals surface area contributed by atoms with Crippen LogP contribution in [0.25, 0.3) is 10.9 Å². The number of nitrogens with one attached hydrogen (secondary N) is 1. The Labute approximate surface area is 93.2 Å². The lowest BCUT2D eigenvalue weighted by atomic mass is 10.1. The van der Waals surface area contributed by atoms with Crippen LogP contribution in [0.4, 0.5) is 5.69 Å². The van der Waals surface area contributed by atoms with Crippen molar-refractivity contribution in [3.05, 3.63) is 34.5 Å². The molecule has 0 aliphatic carbocycles. The van der Waals surface area contributed by atoms with E-state index in [4.69, 9.17) is 17.4 Å². The van der Waals surface area contributed by atoms with Gasteiger partial charge in [-0.05, 0) is 25.5 Å². The molecule has 0 radical (unpaired) electrons. The summed E-state index contributed by atoms with van der Waals surface area (Å²) < 4.78 is 0. The molecule has 0 bridgehead atoms. The number of anilines is 1. The number of hydrogen-bond donors (Lipinski definition) is 2. The first-order valence-corrected chi connectivity index (χ1v) is 5.05. The average Bonchev–Trinajstić information content (AvgIpc) is 2.22. The molecule has 0 aliphatic heterocycles. The van der Waals surface area contributed by atoms with Gasteiger partial charge >= 0.3 is 0 Å². The Morgan fingerprint density at radius 2 is 2.07 bits per heavy atom. The Morgan fingerprint density at radius 3 is 2.73 bits per heavy atom. The summed E-state index contributed by atoms with van der Waals surface area (Å²) in [6.45, 7) is 3.93. The minimum absolute atomic E-state index is 0.645. The number of aromatic nitrogens is 1. The molecule has 1 aromatic heterocycles. The molecule has 78 valence electrons. The molecule has 0 unspecified atom stereocenters. The van der Waals surface area contributed by atoms with Crippen LogP contribution in [0.3, 0.4) is 0 Å². The molecule has 0 aliphatic rings. The number of benzene rings is 1. The van der Waals surface area contributed by atoms with Crippen LogP contribution in [-0.2, 0) is 0 Å². The average molecular weight is 222 g/mol. The largest absolute Gasteiger partial charge is 0.323 e. The quantitative estimate of drug-likeness (QED) is 0.575. The van der Waals surface area contributed by atoms with Gasteiger partial charge in [0.2, 0.25) is 0 Å². The number of nitrogens with zero attached hydrogens (tertiary/aromatic N) is 1. The summed E-state index contributed by atoms with van der Waals surface area (Å²) in [7, 11) is 0. The third-order valence-electron chi connectivity index (χ3n) is 2.60. The molecule has 0 fully saturated rings. The zero-order chi connectivity index (χ0) is 11.0. The van der Waals surface area contributed by atoms with E-state index in [-0.39, 0.29) is 0 Å². The van der Waals surface area contributed by atoms with E-state index < -0.39 is 0 Å². The van der Waals surface area contributed by atoms with Gasteiger partial charge in [-0.15, -0.1) is 0 Å². The second-order valence-corrected chi connectivity index (χ2v) is 3.88. The Bertz CT molecular complexity index is 523. The van der Waals surface area contributed by atoms with E-state index in [1.54, 1.807) is 0 Å². The van der Waals surface area contributed by atoms with Crippen molar-refractivity contribution in [2.45, 2.75) is 13.8 Å². The summed E-state index contributed by atoms with van der Waals surface area (Å²) in [6, 6.07) is 5.67. The zero-order valence-corrected chi connectivity index (χ0v) is 9.39. The van der Waals surface area contributed by atoms with Crippen molar-refractivity contribution in [3.8, 4) is 0 Å². The second kappa shape index (κ2) is 3.68. The third-order valence-corrected chi connectivity index (χ3v) is 2.90. The third kappa shape index (κ3) is 1.54. The molecule has 2 rings (SSSR count). The number of para-hydroxylation sites is 1. The predicted molar refractivity (Wildman–Crippen MR) is 64.0 cm³/mol. The fourth-order valence-corrected chi connectivity index (χ4v) is 1.87. The molecular formula is C11H12ClN3. The van der Waals surface area contributed by atoms with Gasteiger partial charge < -0.3 is 5.43 Å².